The fourth-order valence-corrected chi connectivity index (χ4v) is 3.42. The monoisotopic (exact) mass is 262 g/mol. The third kappa shape index (κ3) is 3.89. The Hall–Kier alpha value is -0.730. The van der Waals surface area contributed by atoms with Crippen LogP contribution in [-0.2, 0) is 4.74 Å². The van der Waals surface area contributed by atoms with Gasteiger partial charge in [-0.1, -0.05) is 29.3 Å². The standard InChI is InChI=1S/C16H22OS/c1-12-4-6-16(7-5-12)18-11-14-8-13(2)9-15(10-14)17-3/h4-8,14-15H,9-11H2,1-3H3/t14-,15+/m0/s1. The molecular formula is C16H22OS. The van der Waals surface area contributed by atoms with Crippen LogP contribution in [-0.4, -0.2) is 19.0 Å². The fourth-order valence-electron chi connectivity index (χ4n) is 2.45. The van der Waals surface area contributed by atoms with Crippen molar-refractivity contribution in [1.29, 1.82) is 0 Å². The first-order valence-corrected chi connectivity index (χ1v) is 7.55. The molecule has 0 fully saturated rings. The van der Waals surface area contributed by atoms with E-state index in [2.05, 4.69) is 44.2 Å². The quantitative estimate of drug-likeness (QED) is 0.585. The molecule has 0 bridgehead atoms. The third-order valence-electron chi connectivity index (χ3n) is 3.45. The minimum absolute atomic E-state index is 0.415. The fraction of sp³-hybridized carbons (Fsp3) is 0.500. The van der Waals surface area contributed by atoms with Crippen molar-refractivity contribution in [2.75, 3.05) is 12.9 Å². The maximum absolute atomic E-state index is 5.51. The highest BCUT2D eigenvalue weighted by atomic mass is 32.2. The van der Waals surface area contributed by atoms with E-state index in [1.165, 1.54) is 16.0 Å². The number of allylic oxidation sites excluding steroid dienone is 1. The van der Waals surface area contributed by atoms with Crippen LogP contribution < -0.4 is 0 Å². The number of rotatable bonds is 4. The topological polar surface area (TPSA) is 9.23 Å². The first-order valence-electron chi connectivity index (χ1n) is 6.57. The SMILES string of the molecule is CO[C@@H]1CC(C)=C[C@H](CSc2ccc(C)cc2)C1. The smallest absolute Gasteiger partial charge is 0.0614 e. The molecule has 0 aromatic heterocycles. The van der Waals surface area contributed by atoms with Crippen LogP contribution in [0.15, 0.2) is 40.8 Å². The molecule has 0 saturated carbocycles. The van der Waals surface area contributed by atoms with E-state index in [-0.39, 0.29) is 0 Å². The van der Waals surface area contributed by atoms with Gasteiger partial charge in [0.2, 0.25) is 0 Å². The Morgan fingerprint density at radius 2 is 1.94 bits per heavy atom. The molecule has 0 radical (unpaired) electrons. The van der Waals surface area contributed by atoms with Gasteiger partial charge >= 0.3 is 0 Å². The second-order valence-electron chi connectivity index (χ2n) is 5.19. The summed E-state index contributed by atoms with van der Waals surface area (Å²) in [6.45, 7) is 4.35. The van der Waals surface area contributed by atoms with Crippen molar-refractivity contribution in [3.63, 3.8) is 0 Å². The first-order chi connectivity index (χ1) is 8.67. The van der Waals surface area contributed by atoms with Gasteiger partial charge in [-0.25, -0.2) is 0 Å². The lowest BCUT2D eigenvalue weighted by atomic mass is 9.90. The second kappa shape index (κ2) is 6.44. The van der Waals surface area contributed by atoms with Crippen molar-refractivity contribution in [1.82, 2.24) is 0 Å². The number of ether oxygens (including phenoxy) is 1. The molecule has 0 unspecified atom stereocenters. The molecule has 1 nitrogen and oxygen atoms in total. The summed E-state index contributed by atoms with van der Waals surface area (Å²) < 4.78 is 5.51. The first kappa shape index (κ1) is 13.7. The molecule has 0 heterocycles. The molecule has 98 valence electrons. The molecule has 0 aliphatic heterocycles. The van der Waals surface area contributed by atoms with E-state index in [1.54, 1.807) is 0 Å². The summed E-state index contributed by atoms with van der Waals surface area (Å²) in [6, 6.07) is 8.80. The van der Waals surface area contributed by atoms with Crippen LogP contribution in [0.5, 0.6) is 0 Å². The molecule has 0 amide bonds. The van der Waals surface area contributed by atoms with Crippen molar-refractivity contribution in [3.8, 4) is 0 Å². The van der Waals surface area contributed by atoms with E-state index < -0.39 is 0 Å². The van der Waals surface area contributed by atoms with Gasteiger partial charge in [-0.2, -0.15) is 0 Å². The Balaban J connectivity index is 1.90. The zero-order valence-corrected chi connectivity index (χ0v) is 12.3. The molecule has 18 heavy (non-hydrogen) atoms. The highest BCUT2D eigenvalue weighted by Crippen LogP contribution is 2.30. The van der Waals surface area contributed by atoms with Crippen LogP contribution in [0.2, 0.25) is 0 Å². The van der Waals surface area contributed by atoms with E-state index in [1.807, 2.05) is 18.9 Å². The molecule has 1 aliphatic carbocycles. The van der Waals surface area contributed by atoms with Gasteiger partial charge in [0.05, 0.1) is 6.10 Å². The minimum atomic E-state index is 0.415. The Bertz CT molecular complexity index is 408. The zero-order valence-electron chi connectivity index (χ0n) is 11.5. The normalized spacial score (nSPS) is 23.8. The van der Waals surface area contributed by atoms with E-state index in [9.17, 15) is 0 Å². The van der Waals surface area contributed by atoms with Gasteiger partial charge in [0.1, 0.15) is 0 Å². The number of thioether (sulfide) groups is 1. The average molecular weight is 262 g/mol. The molecular weight excluding hydrogens is 240 g/mol. The number of aryl methyl sites for hydroxylation is 1. The van der Waals surface area contributed by atoms with E-state index >= 15 is 0 Å². The van der Waals surface area contributed by atoms with Crippen molar-refractivity contribution >= 4 is 11.8 Å². The molecule has 0 N–H and O–H groups in total. The summed E-state index contributed by atoms with van der Waals surface area (Å²) in [4.78, 5) is 1.37. The highest BCUT2D eigenvalue weighted by molar-refractivity contribution is 7.99. The molecule has 0 spiro atoms. The van der Waals surface area contributed by atoms with Gasteiger partial charge in [0, 0.05) is 17.8 Å². The molecule has 1 aliphatic rings. The number of methoxy groups -OCH3 is 1. The van der Waals surface area contributed by atoms with Crippen molar-refractivity contribution in [3.05, 3.63) is 41.5 Å². The van der Waals surface area contributed by atoms with Gasteiger partial charge in [0.25, 0.3) is 0 Å². The van der Waals surface area contributed by atoms with Crippen molar-refractivity contribution < 1.29 is 4.74 Å². The second-order valence-corrected chi connectivity index (χ2v) is 6.29. The molecule has 1 aromatic carbocycles. The summed E-state index contributed by atoms with van der Waals surface area (Å²) in [6.07, 6.45) is 5.10. The predicted octanol–water partition coefficient (Wildman–Crippen LogP) is 4.46. The maximum atomic E-state index is 5.51. The largest absolute Gasteiger partial charge is 0.381 e. The number of hydrogen-bond acceptors (Lipinski definition) is 2. The average Bonchev–Trinajstić information content (AvgIpc) is 2.37. The van der Waals surface area contributed by atoms with Crippen LogP contribution in [0.3, 0.4) is 0 Å². The Kier molecular flexibility index (Phi) is 4.90. The Labute approximate surface area is 115 Å². The number of benzene rings is 1. The minimum Gasteiger partial charge on any atom is -0.381 e. The van der Waals surface area contributed by atoms with Gasteiger partial charge in [-0.05, 0) is 44.7 Å². The van der Waals surface area contributed by atoms with Crippen molar-refractivity contribution in [2.24, 2.45) is 5.92 Å². The van der Waals surface area contributed by atoms with Crippen LogP contribution in [0.25, 0.3) is 0 Å². The van der Waals surface area contributed by atoms with Gasteiger partial charge in [-0.15, -0.1) is 11.8 Å². The van der Waals surface area contributed by atoms with Gasteiger partial charge in [0.15, 0.2) is 0 Å². The third-order valence-corrected chi connectivity index (χ3v) is 4.65. The lowest BCUT2D eigenvalue weighted by molar-refractivity contribution is 0.0829. The van der Waals surface area contributed by atoms with Crippen LogP contribution >= 0.6 is 11.8 Å². The van der Waals surface area contributed by atoms with Crippen LogP contribution in [0.1, 0.15) is 25.3 Å². The molecule has 2 atom stereocenters. The van der Waals surface area contributed by atoms with E-state index in [0.29, 0.717) is 12.0 Å². The lowest BCUT2D eigenvalue weighted by Crippen LogP contribution is -2.21. The molecule has 2 heteroatoms. The Morgan fingerprint density at radius 3 is 2.61 bits per heavy atom. The molecule has 2 rings (SSSR count). The summed E-state index contributed by atoms with van der Waals surface area (Å²) >= 11 is 1.95. The molecule has 1 aromatic rings. The van der Waals surface area contributed by atoms with Crippen LogP contribution in [0, 0.1) is 12.8 Å². The highest BCUT2D eigenvalue weighted by Gasteiger charge is 2.20. The van der Waals surface area contributed by atoms with E-state index in [4.69, 9.17) is 4.74 Å². The van der Waals surface area contributed by atoms with Crippen molar-refractivity contribution in [2.45, 2.75) is 37.7 Å². The van der Waals surface area contributed by atoms with Gasteiger partial charge in [-0.3, -0.25) is 0 Å². The zero-order chi connectivity index (χ0) is 13.0. The Morgan fingerprint density at radius 1 is 1.22 bits per heavy atom. The van der Waals surface area contributed by atoms with Crippen LogP contribution in [0.4, 0.5) is 0 Å². The summed E-state index contributed by atoms with van der Waals surface area (Å²) in [5.41, 5.74) is 2.80. The predicted molar refractivity (Wildman–Crippen MR) is 79.2 cm³/mol. The lowest BCUT2D eigenvalue weighted by Gasteiger charge is -2.26. The number of hydrogen-bond donors (Lipinski definition) is 0. The summed E-state index contributed by atoms with van der Waals surface area (Å²) in [7, 11) is 1.83. The molecule has 0 saturated heterocycles. The van der Waals surface area contributed by atoms with Gasteiger partial charge < -0.3 is 4.74 Å². The summed E-state index contributed by atoms with van der Waals surface area (Å²) in [5.74, 6) is 1.80. The summed E-state index contributed by atoms with van der Waals surface area (Å²) in [5, 5.41) is 0. The van der Waals surface area contributed by atoms with E-state index in [0.717, 1.165) is 18.6 Å². The maximum Gasteiger partial charge on any atom is 0.0614 e.